The van der Waals surface area contributed by atoms with Gasteiger partial charge < -0.3 is 16.2 Å². The van der Waals surface area contributed by atoms with Crippen LogP contribution in [0.5, 0.6) is 0 Å². The molecule has 1 amide bonds. The first kappa shape index (κ1) is 14.2. The van der Waals surface area contributed by atoms with E-state index < -0.39 is 0 Å². The zero-order chi connectivity index (χ0) is 14.4. The van der Waals surface area contributed by atoms with Crippen LogP contribution in [-0.2, 0) is 13.0 Å². The minimum Gasteiger partial charge on any atom is -0.396 e. The summed E-state index contributed by atoms with van der Waals surface area (Å²) < 4.78 is 1.53. The van der Waals surface area contributed by atoms with Gasteiger partial charge in [-0.15, -0.1) is 5.10 Å². The average Bonchev–Trinajstić information content (AvgIpc) is 2.90. The van der Waals surface area contributed by atoms with Crippen molar-refractivity contribution in [1.82, 2.24) is 15.0 Å². The third kappa shape index (κ3) is 3.62. The van der Waals surface area contributed by atoms with Crippen molar-refractivity contribution in [3.05, 3.63) is 41.7 Å². The molecule has 20 heavy (non-hydrogen) atoms. The number of nitrogens with two attached hydrogens (primary N) is 1. The number of aliphatic hydroxyl groups excluding tert-OH is 1. The number of benzene rings is 1. The quantitative estimate of drug-likeness (QED) is 0.689. The van der Waals surface area contributed by atoms with E-state index in [0.29, 0.717) is 25.2 Å². The maximum atomic E-state index is 11.9. The Balaban J connectivity index is 1.99. The molecule has 0 fully saturated rings. The Labute approximate surface area is 116 Å². The molecular weight excluding hydrogens is 258 g/mol. The number of hydrogen-bond donors (Lipinski definition) is 3. The number of nitrogens with zero attached hydrogens (tertiary/aromatic N) is 3. The summed E-state index contributed by atoms with van der Waals surface area (Å²) in [6.45, 7) is 1.07. The second-order valence-electron chi connectivity index (χ2n) is 4.28. The Kier molecular flexibility index (Phi) is 4.80. The van der Waals surface area contributed by atoms with Gasteiger partial charge in [0.1, 0.15) is 0 Å². The molecule has 1 aromatic carbocycles. The number of rotatable bonds is 6. The fraction of sp³-hybridized carbons (Fsp3) is 0.308. The number of nitrogens with one attached hydrogen (secondary N) is 1. The molecule has 0 unspecified atom stereocenters. The molecule has 7 nitrogen and oxygen atoms in total. The first-order chi connectivity index (χ1) is 9.72. The molecule has 1 aromatic heterocycles. The Morgan fingerprint density at radius 3 is 2.75 bits per heavy atom. The second kappa shape index (κ2) is 6.78. The summed E-state index contributed by atoms with van der Waals surface area (Å²) >= 11 is 0. The zero-order valence-electron chi connectivity index (χ0n) is 11.0. The van der Waals surface area contributed by atoms with Crippen LogP contribution in [-0.4, -0.2) is 39.2 Å². The summed E-state index contributed by atoms with van der Waals surface area (Å²) in [4.78, 5) is 11.9. The molecule has 0 saturated heterocycles. The Morgan fingerprint density at radius 2 is 2.10 bits per heavy atom. The lowest BCUT2D eigenvalue weighted by Gasteiger charge is -2.04. The molecule has 0 atom stereocenters. The predicted molar refractivity (Wildman–Crippen MR) is 74.3 cm³/mol. The maximum absolute atomic E-state index is 11.9. The van der Waals surface area contributed by atoms with Gasteiger partial charge in [-0.3, -0.25) is 9.48 Å². The monoisotopic (exact) mass is 275 g/mol. The van der Waals surface area contributed by atoms with Crippen LogP contribution in [0.1, 0.15) is 16.1 Å². The maximum Gasteiger partial charge on any atom is 0.277 e. The molecule has 0 aliphatic heterocycles. The van der Waals surface area contributed by atoms with Crippen molar-refractivity contribution < 1.29 is 9.90 Å². The molecule has 4 N–H and O–H groups in total. The average molecular weight is 275 g/mol. The molecule has 2 aromatic rings. The van der Waals surface area contributed by atoms with E-state index in [4.69, 9.17) is 10.8 Å². The number of aromatic nitrogens is 3. The molecule has 0 radical (unpaired) electrons. The molecule has 7 heteroatoms. The molecular formula is C13H17N5O2. The number of hydrogen-bond acceptors (Lipinski definition) is 5. The number of aliphatic hydroxyl groups is 1. The Hall–Kier alpha value is -2.25. The summed E-state index contributed by atoms with van der Waals surface area (Å²) in [7, 11) is 0. The van der Waals surface area contributed by atoms with E-state index in [2.05, 4.69) is 15.6 Å². The van der Waals surface area contributed by atoms with Crippen molar-refractivity contribution >= 4 is 11.6 Å². The summed E-state index contributed by atoms with van der Waals surface area (Å²) in [6, 6.07) is 7.29. The summed E-state index contributed by atoms with van der Waals surface area (Å²) in [5.74, 6) is -0.317. The molecule has 0 aliphatic rings. The molecule has 2 rings (SSSR count). The van der Waals surface area contributed by atoms with E-state index in [-0.39, 0.29) is 18.2 Å². The van der Waals surface area contributed by atoms with Gasteiger partial charge in [0.15, 0.2) is 5.69 Å². The van der Waals surface area contributed by atoms with Gasteiger partial charge in [-0.05, 0) is 24.1 Å². The van der Waals surface area contributed by atoms with Gasteiger partial charge in [-0.1, -0.05) is 17.3 Å². The molecule has 1 heterocycles. The number of anilines is 1. The van der Waals surface area contributed by atoms with Crippen molar-refractivity contribution in [2.75, 3.05) is 18.5 Å². The number of amides is 1. The van der Waals surface area contributed by atoms with Gasteiger partial charge in [0, 0.05) is 18.8 Å². The lowest BCUT2D eigenvalue weighted by molar-refractivity contribution is 0.102. The highest BCUT2D eigenvalue weighted by Crippen LogP contribution is 2.11. The van der Waals surface area contributed by atoms with Gasteiger partial charge in [0.25, 0.3) is 5.91 Å². The van der Waals surface area contributed by atoms with E-state index in [1.54, 1.807) is 18.3 Å². The summed E-state index contributed by atoms with van der Waals surface area (Å²) in [5, 5.41) is 19.2. The van der Waals surface area contributed by atoms with Gasteiger partial charge in [-0.2, -0.15) is 0 Å². The molecule has 0 bridgehead atoms. The van der Waals surface area contributed by atoms with E-state index in [9.17, 15) is 4.79 Å². The topological polar surface area (TPSA) is 106 Å². The smallest absolute Gasteiger partial charge is 0.277 e. The fourth-order valence-corrected chi connectivity index (χ4v) is 1.72. The van der Waals surface area contributed by atoms with E-state index in [1.807, 2.05) is 12.1 Å². The van der Waals surface area contributed by atoms with Gasteiger partial charge in [0.05, 0.1) is 12.7 Å². The third-order valence-corrected chi connectivity index (χ3v) is 2.74. The van der Waals surface area contributed by atoms with Crippen LogP contribution in [0.25, 0.3) is 0 Å². The Bertz CT molecular complexity index is 564. The minimum atomic E-state index is -0.317. The summed E-state index contributed by atoms with van der Waals surface area (Å²) in [5.41, 5.74) is 7.33. The first-order valence-corrected chi connectivity index (χ1v) is 6.34. The lowest BCUT2D eigenvalue weighted by Crippen LogP contribution is -2.13. The molecule has 106 valence electrons. The number of carbonyl (C=O) groups is 1. The van der Waals surface area contributed by atoms with E-state index in [1.165, 1.54) is 4.68 Å². The highest BCUT2D eigenvalue weighted by molar-refractivity contribution is 6.02. The highest BCUT2D eigenvalue weighted by Gasteiger charge is 2.10. The fourth-order valence-electron chi connectivity index (χ4n) is 1.72. The van der Waals surface area contributed by atoms with Crippen molar-refractivity contribution in [3.8, 4) is 0 Å². The van der Waals surface area contributed by atoms with Gasteiger partial charge in [0.2, 0.25) is 0 Å². The van der Waals surface area contributed by atoms with E-state index in [0.717, 1.165) is 5.56 Å². The first-order valence-electron chi connectivity index (χ1n) is 6.34. The van der Waals surface area contributed by atoms with Gasteiger partial charge >= 0.3 is 0 Å². The molecule has 0 aliphatic carbocycles. The predicted octanol–water partition coefficient (Wildman–Crippen LogP) is 0.0239. The van der Waals surface area contributed by atoms with Crippen molar-refractivity contribution in [2.45, 2.75) is 13.0 Å². The minimum absolute atomic E-state index is 0.107. The van der Waals surface area contributed by atoms with E-state index >= 15 is 0 Å². The summed E-state index contributed by atoms with van der Waals surface area (Å²) in [6.07, 6.45) is 2.16. The standard InChI is InChI=1S/C13H17N5O2/c14-6-7-18-9-12(16-17-18)13(20)15-11-3-1-10(2-4-11)5-8-19/h1-4,9,19H,5-8,14H2,(H,15,20). The van der Waals surface area contributed by atoms with Crippen molar-refractivity contribution in [1.29, 1.82) is 0 Å². The van der Waals surface area contributed by atoms with Crippen molar-refractivity contribution in [3.63, 3.8) is 0 Å². The SMILES string of the molecule is NCCn1cc(C(=O)Nc2ccc(CCO)cc2)nn1. The largest absolute Gasteiger partial charge is 0.396 e. The van der Waals surface area contributed by atoms with Crippen LogP contribution in [0.3, 0.4) is 0 Å². The lowest BCUT2D eigenvalue weighted by atomic mass is 10.1. The normalized spacial score (nSPS) is 10.5. The molecule has 0 spiro atoms. The Morgan fingerprint density at radius 1 is 1.35 bits per heavy atom. The zero-order valence-corrected chi connectivity index (χ0v) is 11.0. The van der Waals surface area contributed by atoms with Crippen LogP contribution in [0.4, 0.5) is 5.69 Å². The van der Waals surface area contributed by atoms with Crippen LogP contribution in [0.2, 0.25) is 0 Å². The highest BCUT2D eigenvalue weighted by atomic mass is 16.3. The van der Waals surface area contributed by atoms with Gasteiger partial charge in [-0.25, -0.2) is 0 Å². The van der Waals surface area contributed by atoms with Crippen LogP contribution < -0.4 is 11.1 Å². The van der Waals surface area contributed by atoms with Crippen molar-refractivity contribution in [2.24, 2.45) is 5.73 Å². The van der Waals surface area contributed by atoms with Crippen LogP contribution in [0.15, 0.2) is 30.5 Å². The molecule has 0 saturated carbocycles. The van der Waals surface area contributed by atoms with Crippen LogP contribution in [0, 0.1) is 0 Å². The van der Waals surface area contributed by atoms with Crippen LogP contribution >= 0.6 is 0 Å². The second-order valence-corrected chi connectivity index (χ2v) is 4.28. The number of carbonyl (C=O) groups excluding carboxylic acids is 1. The third-order valence-electron chi connectivity index (χ3n) is 2.74.